The van der Waals surface area contributed by atoms with Gasteiger partial charge in [-0.25, -0.2) is 0 Å². The van der Waals surface area contributed by atoms with Crippen LogP contribution in [0.5, 0.6) is 5.75 Å². The molecular weight excluding hydrogens is 651 g/mol. The molecule has 4 unspecified atom stereocenters. The minimum absolute atomic E-state index is 0.142. The minimum atomic E-state index is -0.142. The van der Waals surface area contributed by atoms with E-state index in [-0.39, 0.29) is 10.8 Å². The van der Waals surface area contributed by atoms with Gasteiger partial charge in [0.05, 0.1) is 12.0 Å². The Morgan fingerprint density at radius 1 is 0.811 bits per heavy atom. The molecule has 2 heterocycles. The molecule has 0 spiro atoms. The van der Waals surface area contributed by atoms with E-state index in [1.54, 1.807) is 11.1 Å². The number of hydrogen-bond donors (Lipinski definition) is 2. The SMILES string of the molecule is CC12CC3CC(C)(C1)CC(c1ccc(OCCCN4CCC(Cc5cccc(C67CC8CC(CC(C(=O)N[C@@H]9CCNC9)(C8)C6)C7)c5)CC4)cc1)(C3)C2. The number of nitrogens with zero attached hydrogens (tertiary/aromatic N) is 1. The molecule has 8 aliphatic carbocycles. The van der Waals surface area contributed by atoms with Crippen LogP contribution >= 0.6 is 0 Å². The molecule has 2 N–H and O–H groups in total. The molecule has 12 rings (SSSR count). The van der Waals surface area contributed by atoms with Gasteiger partial charge < -0.3 is 20.3 Å². The number of nitrogens with one attached hydrogen (secondary N) is 2. The number of amides is 1. The van der Waals surface area contributed by atoms with Crippen LogP contribution in [0.4, 0.5) is 0 Å². The largest absolute Gasteiger partial charge is 0.494 e. The van der Waals surface area contributed by atoms with Gasteiger partial charge >= 0.3 is 0 Å². The number of piperidine rings is 1. The number of carbonyl (C=O) groups excluding carboxylic acids is 1. The van der Waals surface area contributed by atoms with Crippen LogP contribution in [0.15, 0.2) is 48.5 Å². The van der Waals surface area contributed by atoms with Crippen molar-refractivity contribution in [1.29, 1.82) is 0 Å². The summed E-state index contributed by atoms with van der Waals surface area (Å²) in [7, 11) is 0. The van der Waals surface area contributed by atoms with Gasteiger partial charge in [0.25, 0.3) is 0 Å². The van der Waals surface area contributed by atoms with Crippen molar-refractivity contribution in [2.75, 3.05) is 39.3 Å². The molecule has 2 aromatic carbocycles. The Balaban J connectivity index is 0.695. The van der Waals surface area contributed by atoms with Crippen molar-refractivity contribution >= 4 is 5.91 Å². The first-order valence-electron chi connectivity index (χ1n) is 22.2. The molecule has 10 fully saturated rings. The van der Waals surface area contributed by atoms with E-state index in [0.717, 1.165) is 75.9 Å². The Hall–Kier alpha value is -2.37. The molecule has 8 bridgehead atoms. The summed E-state index contributed by atoms with van der Waals surface area (Å²) < 4.78 is 6.31. The second kappa shape index (κ2) is 13.1. The van der Waals surface area contributed by atoms with Crippen molar-refractivity contribution in [2.24, 2.45) is 39.9 Å². The highest BCUT2D eigenvalue weighted by atomic mass is 16.5. The second-order valence-corrected chi connectivity index (χ2v) is 21.5. The normalized spacial score (nSPS) is 41.6. The zero-order chi connectivity index (χ0) is 35.9. The average Bonchev–Trinajstić information content (AvgIpc) is 3.62. The Morgan fingerprint density at radius 2 is 1.55 bits per heavy atom. The quantitative estimate of drug-likeness (QED) is 0.228. The molecule has 0 aromatic heterocycles. The van der Waals surface area contributed by atoms with Crippen LogP contribution in [0.1, 0.15) is 133 Å². The predicted molar refractivity (Wildman–Crippen MR) is 213 cm³/mol. The van der Waals surface area contributed by atoms with E-state index in [9.17, 15) is 4.79 Å². The Morgan fingerprint density at radius 3 is 2.25 bits per heavy atom. The number of likely N-dealkylation sites (tertiary alicyclic amines) is 1. The maximum Gasteiger partial charge on any atom is 0.226 e. The first-order valence-corrected chi connectivity index (χ1v) is 22.2. The van der Waals surface area contributed by atoms with Crippen LogP contribution in [0.2, 0.25) is 0 Å². The maximum absolute atomic E-state index is 13.9. The molecule has 8 saturated carbocycles. The van der Waals surface area contributed by atoms with Gasteiger partial charge in [0.15, 0.2) is 0 Å². The van der Waals surface area contributed by atoms with Gasteiger partial charge in [-0.3, -0.25) is 4.79 Å². The van der Waals surface area contributed by atoms with Crippen molar-refractivity contribution in [2.45, 2.75) is 140 Å². The lowest BCUT2D eigenvalue weighted by atomic mass is 9.39. The Labute approximate surface area is 320 Å². The van der Waals surface area contributed by atoms with Crippen LogP contribution in [0.3, 0.4) is 0 Å². The molecule has 286 valence electrons. The van der Waals surface area contributed by atoms with Crippen molar-refractivity contribution in [3.05, 3.63) is 65.2 Å². The van der Waals surface area contributed by atoms with Gasteiger partial charge in [-0.05, 0) is 203 Å². The van der Waals surface area contributed by atoms with Crippen LogP contribution in [0, 0.1) is 39.9 Å². The van der Waals surface area contributed by atoms with Gasteiger partial charge in [-0.1, -0.05) is 50.2 Å². The fourth-order valence-electron chi connectivity index (χ4n) is 15.9. The summed E-state index contributed by atoms with van der Waals surface area (Å²) in [5, 5.41) is 6.94. The molecule has 5 heteroatoms. The smallest absolute Gasteiger partial charge is 0.226 e. The highest BCUT2D eigenvalue weighted by molar-refractivity contribution is 5.84. The van der Waals surface area contributed by atoms with Crippen LogP contribution in [0.25, 0.3) is 0 Å². The van der Waals surface area contributed by atoms with Crippen molar-refractivity contribution in [3.8, 4) is 5.75 Å². The van der Waals surface area contributed by atoms with Crippen molar-refractivity contribution < 1.29 is 9.53 Å². The van der Waals surface area contributed by atoms with Crippen LogP contribution in [-0.2, 0) is 22.0 Å². The highest BCUT2D eigenvalue weighted by Gasteiger charge is 2.62. The van der Waals surface area contributed by atoms with E-state index in [1.807, 2.05) is 0 Å². The van der Waals surface area contributed by atoms with Gasteiger partial charge in [0, 0.05) is 19.1 Å². The zero-order valence-corrected chi connectivity index (χ0v) is 33.0. The van der Waals surface area contributed by atoms with Crippen LogP contribution < -0.4 is 15.4 Å². The molecule has 5 atom stereocenters. The van der Waals surface area contributed by atoms with Gasteiger partial charge in [0.1, 0.15) is 5.75 Å². The number of carbonyl (C=O) groups is 1. The number of ether oxygens (including phenoxy) is 1. The highest BCUT2D eigenvalue weighted by Crippen LogP contribution is 2.70. The monoisotopic (exact) mass is 718 g/mol. The summed E-state index contributed by atoms with van der Waals surface area (Å²) in [6.07, 6.45) is 21.7. The van der Waals surface area contributed by atoms with Gasteiger partial charge in [-0.2, -0.15) is 0 Å². The van der Waals surface area contributed by atoms with E-state index < -0.39 is 0 Å². The molecular formula is C48H67N3O2. The van der Waals surface area contributed by atoms with E-state index in [1.165, 1.54) is 95.7 Å². The molecule has 10 aliphatic rings. The van der Waals surface area contributed by atoms with E-state index >= 15 is 0 Å². The summed E-state index contributed by atoms with van der Waals surface area (Å²) >= 11 is 0. The predicted octanol–water partition coefficient (Wildman–Crippen LogP) is 8.97. The summed E-state index contributed by atoms with van der Waals surface area (Å²) in [4.78, 5) is 16.6. The lowest BCUT2D eigenvalue weighted by Crippen LogP contribution is -2.60. The lowest BCUT2D eigenvalue weighted by molar-refractivity contribution is -0.149. The summed E-state index contributed by atoms with van der Waals surface area (Å²) in [6.45, 7) is 11.5. The van der Waals surface area contributed by atoms with E-state index in [0.29, 0.717) is 40.0 Å². The van der Waals surface area contributed by atoms with E-state index in [4.69, 9.17) is 4.74 Å². The first kappa shape index (κ1) is 35.1. The number of rotatable bonds is 11. The molecule has 5 nitrogen and oxygen atoms in total. The van der Waals surface area contributed by atoms with Gasteiger partial charge in [0.2, 0.25) is 5.91 Å². The summed E-state index contributed by atoms with van der Waals surface area (Å²) in [5.41, 5.74) is 6.22. The topological polar surface area (TPSA) is 53.6 Å². The second-order valence-electron chi connectivity index (χ2n) is 21.5. The zero-order valence-electron chi connectivity index (χ0n) is 33.0. The molecule has 2 aromatic rings. The maximum atomic E-state index is 13.9. The summed E-state index contributed by atoms with van der Waals surface area (Å²) in [5.74, 6) is 4.55. The molecule has 0 radical (unpaired) electrons. The van der Waals surface area contributed by atoms with E-state index in [2.05, 4.69) is 77.9 Å². The third-order valence-electron chi connectivity index (χ3n) is 16.7. The first-order chi connectivity index (χ1) is 25.6. The fraction of sp³-hybridized carbons (Fsp3) is 0.729. The number of benzene rings is 2. The fourth-order valence-corrected chi connectivity index (χ4v) is 15.9. The van der Waals surface area contributed by atoms with Crippen molar-refractivity contribution in [3.63, 3.8) is 0 Å². The third-order valence-corrected chi connectivity index (χ3v) is 16.7. The molecule has 2 saturated heterocycles. The van der Waals surface area contributed by atoms with Crippen LogP contribution in [-0.4, -0.2) is 56.2 Å². The molecule has 2 aliphatic heterocycles. The van der Waals surface area contributed by atoms with Crippen molar-refractivity contribution in [1.82, 2.24) is 15.5 Å². The molecule has 53 heavy (non-hydrogen) atoms. The standard InChI is InChI=1S/C48H67N3O2/c1-44-22-38-23-45(2,30-44)32-48(28-38,31-44)39-7-9-42(10-8-39)53-18-4-15-51-16-12-34(13-17-51)19-35-5-3-6-40(21-35)46-24-36-20-37(25-46)27-47(26-36,33-46)43(52)50-41-11-14-49-29-41/h3,5-10,21,34,36-38,41,49H,4,11-20,22-33H2,1-2H3,(H,50,52)/t36?,37?,38?,41-,44?,45?,46?,47?,48?/m1/s1. The third kappa shape index (κ3) is 6.60. The van der Waals surface area contributed by atoms with Gasteiger partial charge in [-0.15, -0.1) is 0 Å². The minimum Gasteiger partial charge on any atom is -0.494 e. The number of hydrogen-bond acceptors (Lipinski definition) is 4. The summed E-state index contributed by atoms with van der Waals surface area (Å²) in [6, 6.07) is 19.4. The lowest BCUT2D eigenvalue weighted by Gasteiger charge is -2.65. The Kier molecular flexibility index (Phi) is 8.67. The average molecular weight is 718 g/mol. The molecule has 1 amide bonds. The Bertz CT molecular complexity index is 1640.